The normalized spacial score (nSPS) is 11.4. The molecular weight excluding hydrogens is 743 g/mol. The Morgan fingerprint density at radius 2 is 1.05 bits per heavy atom. The molecule has 56 heavy (non-hydrogen) atoms. The second-order valence-corrected chi connectivity index (χ2v) is 18.2. The van der Waals surface area contributed by atoms with Gasteiger partial charge in [0.1, 0.15) is 19.8 Å². The minimum absolute atomic E-state index is 0.0620. The van der Waals surface area contributed by atoms with Crippen LogP contribution in [0, 0.1) is 5.92 Å². The Morgan fingerprint density at radius 3 is 1.59 bits per heavy atom. The summed E-state index contributed by atoms with van der Waals surface area (Å²) in [5, 5.41) is 0. The van der Waals surface area contributed by atoms with Crippen LogP contribution in [0.5, 0.6) is 0 Å². The quantitative estimate of drug-likeness (QED) is 0.0274. The fraction of sp³-hybridized carbons (Fsp3) is 0.867. The van der Waals surface area contributed by atoms with Gasteiger partial charge in [-0.2, -0.15) is 0 Å². The molecule has 11 heteroatoms. The van der Waals surface area contributed by atoms with Crippen LogP contribution < -0.4 is 0 Å². The molecule has 0 saturated carbocycles. The molecule has 9 nitrogen and oxygen atoms in total. The molecule has 0 aliphatic heterocycles. The summed E-state index contributed by atoms with van der Waals surface area (Å²) in [7, 11) is 3.65. The Kier molecular flexibility index (Phi) is 37.4. The molecule has 0 aliphatic rings. The highest BCUT2D eigenvalue weighted by Gasteiger charge is 2.16. The Labute approximate surface area is 351 Å². The molecule has 1 aromatic heterocycles. The van der Waals surface area contributed by atoms with Gasteiger partial charge < -0.3 is 23.7 Å². The number of ether oxygens (including phenoxy) is 3. The summed E-state index contributed by atoms with van der Waals surface area (Å²) in [6.45, 7) is 9.86. The molecule has 0 spiro atoms. The molecule has 0 atom stereocenters. The Balaban J connectivity index is 2.33. The molecule has 0 aliphatic carbocycles. The second kappa shape index (κ2) is 40.1. The van der Waals surface area contributed by atoms with Crippen LogP contribution in [0.2, 0.25) is 0 Å². The van der Waals surface area contributed by atoms with Crippen molar-refractivity contribution in [3.05, 3.63) is 18.7 Å². The Morgan fingerprint density at radius 1 is 0.571 bits per heavy atom. The summed E-state index contributed by atoms with van der Waals surface area (Å²) in [6.07, 6.45) is 35.2. The number of imidazole rings is 1. The van der Waals surface area contributed by atoms with E-state index < -0.39 is 0 Å². The van der Waals surface area contributed by atoms with E-state index in [9.17, 15) is 14.4 Å². The van der Waals surface area contributed by atoms with Crippen LogP contribution in [0.3, 0.4) is 0 Å². The molecule has 0 saturated heterocycles. The summed E-state index contributed by atoms with van der Waals surface area (Å²) >= 11 is 0. The topological polar surface area (TPSA) is 100.0 Å². The van der Waals surface area contributed by atoms with Crippen LogP contribution in [0.15, 0.2) is 18.7 Å². The lowest BCUT2D eigenvalue weighted by molar-refractivity contribution is -0.153. The maximum atomic E-state index is 12.7. The number of aromatic nitrogens is 2. The first kappa shape index (κ1) is 52.3. The number of aryl methyl sites for hydroxylation is 1. The lowest BCUT2D eigenvalue weighted by atomic mass is 9.91. The van der Waals surface area contributed by atoms with Gasteiger partial charge in [-0.3, -0.25) is 14.4 Å². The molecule has 0 fully saturated rings. The van der Waals surface area contributed by atoms with Crippen molar-refractivity contribution < 1.29 is 28.6 Å². The number of unbranched alkanes of at least 4 members (excludes halogenated alkanes) is 17. The first-order valence-corrected chi connectivity index (χ1v) is 25.4. The molecule has 0 N–H and O–H groups in total. The van der Waals surface area contributed by atoms with Gasteiger partial charge in [0, 0.05) is 50.0 Å². The third kappa shape index (κ3) is 34.3. The summed E-state index contributed by atoms with van der Waals surface area (Å²) < 4.78 is 18.5. The van der Waals surface area contributed by atoms with E-state index in [0.717, 1.165) is 43.9 Å². The van der Waals surface area contributed by atoms with E-state index in [-0.39, 0.29) is 44.0 Å². The van der Waals surface area contributed by atoms with E-state index in [2.05, 4.69) is 30.7 Å². The molecule has 1 rings (SSSR count). The van der Waals surface area contributed by atoms with E-state index in [1.165, 1.54) is 128 Å². The molecule has 326 valence electrons. The SMILES string of the molecule is CCCCCCCCCCSSCCOC(=O)CCN(CCCn1ccnc1)CCC(=O)OCCOC(=O)CC(CCCCCCCC)CCCCCCCC. The van der Waals surface area contributed by atoms with Gasteiger partial charge in [-0.15, -0.1) is 0 Å². The number of rotatable bonds is 42. The Bertz CT molecular complexity index is 1020. The van der Waals surface area contributed by atoms with Gasteiger partial charge in [-0.05, 0) is 38.1 Å². The first-order valence-electron chi connectivity index (χ1n) is 22.9. The number of carbonyl (C=O) groups excluding carboxylic acids is 3. The zero-order valence-corrected chi connectivity index (χ0v) is 37.8. The number of nitrogens with zero attached hydrogens (tertiary/aromatic N) is 3. The minimum atomic E-state index is -0.325. The fourth-order valence-corrected chi connectivity index (χ4v) is 8.83. The van der Waals surface area contributed by atoms with Crippen LogP contribution in [0.1, 0.15) is 188 Å². The van der Waals surface area contributed by atoms with Gasteiger partial charge in [0.05, 0.1) is 19.2 Å². The van der Waals surface area contributed by atoms with Crippen LogP contribution in [0.25, 0.3) is 0 Å². The van der Waals surface area contributed by atoms with Crippen molar-refractivity contribution in [3.8, 4) is 0 Å². The molecule has 0 amide bonds. The molecule has 0 radical (unpaired) electrons. The van der Waals surface area contributed by atoms with Crippen molar-refractivity contribution in [2.75, 3.05) is 51.0 Å². The van der Waals surface area contributed by atoms with E-state index in [1.54, 1.807) is 23.3 Å². The van der Waals surface area contributed by atoms with Gasteiger partial charge in [0.25, 0.3) is 0 Å². The average molecular weight is 826 g/mol. The molecule has 1 aromatic rings. The van der Waals surface area contributed by atoms with Gasteiger partial charge >= 0.3 is 17.9 Å². The molecule has 0 unspecified atom stereocenters. The van der Waals surface area contributed by atoms with Crippen molar-refractivity contribution >= 4 is 39.5 Å². The van der Waals surface area contributed by atoms with E-state index >= 15 is 0 Å². The minimum Gasteiger partial charge on any atom is -0.465 e. The summed E-state index contributed by atoms with van der Waals surface area (Å²) in [4.78, 5) is 44.2. The summed E-state index contributed by atoms with van der Waals surface area (Å²) in [5.41, 5.74) is 0. The van der Waals surface area contributed by atoms with E-state index in [4.69, 9.17) is 14.2 Å². The maximum Gasteiger partial charge on any atom is 0.307 e. The van der Waals surface area contributed by atoms with Crippen LogP contribution in [0.4, 0.5) is 0 Å². The zero-order chi connectivity index (χ0) is 40.6. The van der Waals surface area contributed by atoms with Crippen LogP contribution in [-0.4, -0.2) is 83.3 Å². The third-order valence-corrected chi connectivity index (χ3v) is 12.8. The summed E-state index contributed by atoms with van der Waals surface area (Å²) in [5.74, 6) is 1.59. The number of hydrogen-bond acceptors (Lipinski definition) is 10. The van der Waals surface area contributed by atoms with Gasteiger partial charge in [-0.25, -0.2) is 4.98 Å². The van der Waals surface area contributed by atoms with E-state index in [0.29, 0.717) is 32.0 Å². The predicted octanol–water partition coefficient (Wildman–Crippen LogP) is 12.0. The number of hydrogen-bond donors (Lipinski definition) is 0. The van der Waals surface area contributed by atoms with Crippen molar-refractivity contribution in [1.82, 2.24) is 14.5 Å². The fourth-order valence-electron chi connectivity index (χ4n) is 6.86. The highest BCUT2D eigenvalue weighted by Crippen LogP contribution is 2.24. The van der Waals surface area contributed by atoms with Gasteiger partial charge in [-0.1, -0.05) is 164 Å². The van der Waals surface area contributed by atoms with Gasteiger partial charge in [0.15, 0.2) is 0 Å². The van der Waals surface area contributed by atoms with Crippen molar-refractivity contribution in [2.24, 2.45) is 5.92 Å². The smallest absolute Gasteiger partial charge is 0.307 e. The lowest BCUT2D eigenvalue weighted by Gasteiger charge is -2.21. The first-order chi connectivity index (χ1) is 27.5. The Hall–Kier alpha value is -1.72. The summed E-state index contributed by atoms with van der Waals surface area (Å²) in [6, 6.07) is 0. The third-order valence-electron chi connectivity index (χ3n) is 10.3. The predicted molar refractivity (Wildman–Crippen MR) is 237 cm³/mol. The van der Waals surface area contributed by atoms with Crippen molar-refractivity contribution in [2.45, 2.75) is 194 Å². The standard InChI is InChI=1S/C45H83N3O6S2/c1-4-7-10-13-16-17-20-23-38-55-56-39-37-54-44(50)28-33-47(30-24-31-48-34-29-46-41-48)32-27-43(49)52-35-36-53-45(51)40-42(25-21-18-14-11-8-5-2)26-22-19-15-12-9-6-3/h29,34,41-42H,4-28,30-33,35-40H2,1-3H3. The largest absolute Gasteiger partial charge is 0.465 e. The zero-order valence-electron chi connectivity index (χ0n) is 36.2. The van der Waals surface area contributed by atoms with Crippen LogP contribution in [-0.2, 0) is 35.1 Å². The van der Waals surface area contributed by atoms with Crippen molar-refractivity contribution in [1.29, 1.82) is 0 Å². The highest BCUT2D eigenvalue weighted by atomic mass is 33.1. The van der Waals surface area contributed by atoms with Gasteiger partial charge in [0.2, 0.25) is 0 Å². The van der Waals surface area contributed by atoms with E-state index in [1.807, 2.05) is 21.6 Å². The highest BCUT2D eigenvalue weighted by molar-refractivity contribution is 8.76. The van der Waals surface area contributed by atoms with Crippen LogP contribution >= 0.6 is 21.6 Å². The molecule has 1 heterocycles. The molecule has 0 aromatic carbocycles. The van der Waals surface area contributed by atoms with Crippen molar-refractivity contribution in [3.63, 3.8) is 0 Å². The number of carbonyl (C=O) groups is 3. The average Bonchev–Trinajstić information content (AvgIpc) is 3.72. The molecule has 0 bridgehead atoms. The number of esters is 3. The molecular formula is C45H83N3O6S2. The maximum absolute atomic E-state index is 12.7. The second-order valence-electron chi connectivity index (χ2n) is 15.5. The monoisotopic (exact) mass is 826 g/mol. The lowest BCUT2D eigenvalue weighted by Crippen LogP contribution is -2.31.